The van der Waals surface area contributed by atoms with Crippen molar-refractivity contribution < 1.29 is 9.90 Å². The van der Waals surface area contributed by atoms with Gasteiger partial charge in [0.1, 0.15) is 0 Å². The number of hydrogen-bond acceptors (Lipinski definition) is 2. The van der Waals surface area contributed by atoms with E-state index in [-0.39, 0.29) is 12.6 Å². The Labute approximate surface area is 135 Å². The molecular weight excluding hydrogens is 276 g/mol. The van der Waals surface area contributed by atoms with Crippen LogP contribution in [0.4, 0.5) is 4.79 Å². The Morgan fingerprint density at radius 2 is 1.82 bits per heavy atom. The molecule has 0 aromatic rings. The average molecular weight is 310 g/mol. The summed E-state index contributed by atoms with van der Waals surface area (Å²) in [5.74, 6) is 0.991. The summed E-state index contributed by atoms with van der Waals surface area (Å²) < 4.78 is 0. The maximum absolute atomic E-state index is 12.3. The van der Waals surface area contributed by atoms with Crippen molar-refractivity contribution in [3.05, 3.63) is 0 Å². The highest BCUT2D eigenvalue weighted by atomic mass is 16.3. The van der Waals surface area contributed by atoms with Gasteiger partial charge in [0.05, 0.1) is 0 Å². The van der Waals surface area contributed by atoms with Crippen molar-refractivity contribution in [2.75, 3.05) is 26.2 Å². The van der Waals surface area contributed by atoms with Crippen LogP contribution in [0.25, 0.3) is 0 Å². The van der Waals surface area contributed by atoms with Crippen LogP contribution in [0, 0.1) is 17.3 Å². The summed E-state index contributed by atoms with van der Waals surface area (Å²) in [4.78, 5) is 14.3. The summed E-state index contributed by atoms with van der Waals surface area (Å²) in [6.07, 6.45) is 9.71. The molecule has 1 heterocycles. The van der Waals surface area contributed by atoms with Gasteiger partial charge in [0.15, 0.2) is 0 Å². The van der Waals surface area contributed by atoms with E-state index in [9.17, 15) is 4.79 Å². The third kappa shape index (κ3) is 4.87. The number of amides is 2. The van der Waals surface area contributed by atoms with Crippen LogP contribution in [0.15, 0.2) is 0 Å². The third-order valence-corrected chi connectivity index (χ3v) is 5.66. The second-order valence-electron chi connectivity index (χ2n) is 7.89. The highest BCUT2D eigenvalue weighted by molar-refractivity contribution is 5.74. The summed E-state index contributed by atoms with van der Waals surface area (Å²) in [6, 6.07) is 0.0968. The number of piperidine rings is 1. The molecule has 1 spiro atoms. The lowest BCUT2D eigenvalue weighted by Gasteiger charge is -2.39. The molecular formula is C18H34N2O2. The van der Waals surface area contributed by atoms with Gasteiger partial charge in [-0.25, -0.2) is 4.79 Å². The van der Waals surface area contributed by atoms with E-state index in [1.807, 2.05) is 4.90 Å². The molecule has 4 heteroatoms. The largest absolute Gasteiger partial charge is 0.396 e. The molecule has 0 radical (unpaired) electrons. The molecule has 0 aromatic carbocycles. The van der Waals surface area contributed by atoms with Gasteiger partial charge < -0.3 is 15.3 Å². The molecule has 2 rings (SSSR count). The first-order chi connectivity index (χ1) is 10.5. The van der Waals surface area contributed by atoms with E-state index in [1.165, 1.54) is 38.5 Å². The van der Waals surface area contributed by atoms with Gasteiger partial charge in [-0.3, -0.25) is 0 Å². The first-order valence-corrected chi connectivity index (χ1v) is 9.18. The molecule has 128 valence electrons. The number of carbonyl (C=O) groups is 1. The van der Waals surface area contributed by atoms with Crippen LogP contribution in [-0.2, 0) is 0 Å². The van der Waals surface area contributed by atoms with Crippen LogP contribution in [0.5, 0.6) is 0 Å². The molecule has 1 saturated carbocycles. The van der Waals surface area contributed by atoms with Gasteiger partial charge in [-0.15, -0.1) is 0 Å². The first kappa shape index (κ1) is 17.6. The van der Waals surface area contributed by atoms with Crippen LogP contribution in [-0.4, -0.2) is 42.3 Å². The molecule has 1 aliphatic heterocycles. The number of nitrogens with zero attached hydrogens (tertiary/aromatic N) is 1. The Hall–Kier alpha value is -0.770. The second kappa shape index (κ2) is 8.19. The number of aliphatic hydroxyl groups excluding tert-OH is 1. The Kier molecular flexibility index (Phi) is 6.54. The molecule has 1 aliphatic carbocycles. The Morgan fingerprint density at radius 1 is 1.18 bits per heavy atom. The van der Waals surface area contributed by atoms with Crippen LogP contribution in [0.2, 0.25) is 0 Å². The number of urea groups is 1. The van der Waals surface area contributed by atoms with E-state index in [2.05, 4.69) is 19.2 Å². The number of hydrogen-bond donors (Lipinski definition) is 2. The second-order valence-corrected chi connectivity index (χ2v) is 7.89. The molecule has 1 atom stereocenters. The molecule has 1 saturated heterocycles. The Bertz CT molecular complexity index is 341. The summed E-state index contributed by atoms with van der Waals surface area (Å²) >= 11 is 0. The SMILES string of the molecule is CC(C)CC(CCO)CNC(=O)N1CCC2(CCCC2)CC1. The van der Waals surface area contributed by atoms with Crippen LogP contribution < -0.4 is 5.32 Å². The summed E-state index contributed by atoms with van der Waals surface area (Å²) in [6.45, 7) is 7.12. The Morgan fingerprint density at radius 3 is 2.36 bits per heavy atom. The van der Waals surface area contributed by atoms with Gasteiger partial charge in [-0.05, 0) is 55.8 Å². The van der Waals surface area contributed by atoms with Crippen molar-refractivity contribution in [2.24, 2.45) is 17.3 Å². The van der Waals surface area contributed by atoms with E-state index in [1.54, 1.807) is 0 Å². The third-order valence-electron chi connectivity index (χ3n) is 5.66. The van der Waals surface area contributed by atoms with Crippen molar-refractivity contribution in [1.29, 1.82) is 0 Å². The topological polar surface area (TPSA) is 52.6 Å². The molecule has 2 aliphatic rings. The molecule has 4 nitrogen and oxygen atoms in total. The van der Waals surface area contributed by atoms with Gasteiger partial charge in [-0.2, -0.15) is 0 Å². The average Bonchev–Trinajstić information content (AvgIpc) is 2.93. The maximum Gasteiger partial charge on any atom is 0.317 e. The molecule has 22 heavy (non-hydrogen) atoms. The highest BCUT2D eigenvalue weighted by Gasteiger charge is 2.37. The van der Waals surface area contributed by atoms with Crippen molar-refractivity contribution in [3.8, 4) is 0 Å². The van der Waals surface area contributed by atoms with Crippen molar-refractivity contribution in [3.63, 3.8) is 0 Å². The van der Waals surface area contributed by atoms with Gasteiger partial charge in [-0.1, -0.05) is 26.7 Å². The normalized spacial score (nSPS) is 22.3. The summed E-state index contributed by atoms with van der Waals surface area (Å²) in [5, 5.41) is 12.3. The lowest BCUT2D eigenvalue weighted by molar-refractivity contribution is 0.119. The first-order valence-electron chi connectivity index (χ1n) is 9.18. The maximum atomic E-state index is 12.3. The zero-order valence-electron chi connectivity index (χ0n) is 14.4. The summed E-state index contributed by atoms with van der Waals surface area (Å²) in [7, 11) is 0. The fourth-order valence-electron chi connectivity index (χ4n) is 4.31. The molecule has 2 amide bonds. The smallest absolute Gasteiger partial charge is 0.317 e. The molecule has 0 aromatic heterocycles. The minimum absolute atomic E-state index is 0.0968. The van der Waals surface area contributed by atoms with Crippen molar-refractivity contribution >= 4 is 6.03 Å². The Balaban J connectivity index is 1.72. The number of carbonyl (C=O) groups excluding carboxylic acids is 1. The monoisotopic (exact) mass is 310 g/mol. The minimum atomic E-state index is 0.0968. The van der Waals surface area contributed by atoms with Crippen molar-refractivity contribution in [1.82, 2.24) is 10.2 Å². The lowest BCUT2D eigenvalue weighted by atomic mass is 9.77. The van der Waals surface area contributed by atoms with E-state index >= 15 is 0 Å². The minimum Gasteiger partial charge on any atom is -0.396 e. The van der Waals surface area contributed by atoms with Gasteiger partial charge in [0, 0.05) is 26.2 Å². The number of likely N-dealkylation sites (tertiary alicyclic amines) is 1. The predicted molar refractivity (Wildman–Crippen MR) is 89.8 cm³/mol. The number of rotatable bonds is 6. The zero-order valence-corrected chi connectivity index (χ0v) is 14.4. The van der Waals surface area contributed by atoms with E-state index in [0.717, 1.165) is 25.9 Å². The van der Waals surface area contributed by atoms with E-state index in [4.69, 9.17) is 5.11 Å². The molecule has 0 bridgehead atoms. The predicted octanol–water partition coefficient (Wildman–Crippen LogP) is 3.40. The van der Waals surface area contributed by atoms with Gasteiger partial charge in [0.25, 0.3) is 0 Å². The van der Waals surface area contributed by atoms with Crippen molar-refractivity contribution in [2.45, 2.75) is 65.2 Å². The molecule has 2 N–H and O–H groups in total. The zero-order chi connectivity index (χ0) is 16.0. The van der Waals surface area contributed by atoms with E-state index in [0.29, 0.717) is 23.8 Å². The van der Waals surface area contributed by atoms with Crippen LogP contribution in [0.1, 0.15) is 65.2 Å². The molecule has 2 fully saturated rings. The quantitative estimate of drug-likeness (QED) is 0.790. The highest BCUT2D eigenvalue weighted by Crippen LogP contribution is 2.46. The summed E-state index contributed by atoms with van der Waals surface area (Å²) in [5.41, 5.74) is 0.563. The van der Waals surface area contributed by atoms with Crippen LogP contribution in [0.3, 0.4) is 0 Å². The number of aliphatic hydroxyl groups is 1. The standard InChI is InChI=1S/C18H34N2O2/c1-15(2)13-16(5-12-21)14-19-17(22)20-10-8-18(9-11-20)6-3-4-7-18/h15-16,21H,3-14H2,1-2H3,(H,19,22). The fraction of sp³-hybridized carbons (Fsp3) is 0.944. The number of nitrogens with one attached hydrogen (secondary N) is 1. The van der Waals surface area contributed by atoms with Crippen LogP contribution >= 0.6 is 0 Å². The fourth-order valence-corrected chi connectivity index (χ4v) is 4.31. The molecule has 1 unspecified atom stereocenters. The van der Waals surface area contributed by atoms with Gasteiger partial charge in [0.2, 0.25) is 0 Å². The van der Waals surface area contributed by atoms with E-state index < -0.39 is 0 Å². The lowest BCUT2D eigenvalue weighted by Crippen LogP contribution is -2.47. The van der Waals surface area contributed by atoms with Gasteiger partial charge >= 0.3 is 6.03 Å².